The van der Waals surface area contributed by atoms with E-state index in [0.29, 0.717) is 0 Å². The van der Waals surface area contributed by atoms with Crippen LogP contribution in [0, 0.1) is 23.2 Å². The minimum absolute atomic E-state index is 0.00356. The van der Waals surface area contributed by atoms with Crippen molar-refractivity contribution in [2.75, 3.05) is 19.6 Å². The molecule has 1 unspecified atom stereocenters. The summed E-state index contributed by atoms with van der Waals surface area (Å²) in [5.74, 6) is 1.03. The molecule has 0 amide bonds. The summed E-state index contributed by atoms with van der Waals surface area (Å²) < 4.78 is 5.90. The van der Waals surface area contributed by atoms with Gasteiger partial charge < -0.3 is 9.64 Å². The third kappa shape index (κ3) is 2.79. The van der Waals surface area contributed by atoms with Gasteiger partial charge in [-0.05, 0) is 44.3 Å². The average Bonchev–Trinajstić information content (AvgIpc) is 2.87. The van der Waals surface area contributed by atoms with E-state index in [4.69, 9.17) is 4.74 Å². The normalized spacial score (nSPS) is 43.7. The van der Waals surface area contributed by atoms with E-state index >= 15 is 0 Å². The van der Waals surface area contributed by atoms with Crippen molar-refractivity contribution in [3.05, 3.63) is 23.3 Å². The molecule has 4 heteroatoms. The number of likely N-dealkylation sites (tertiary alicyclic amines) is 1. The Labute approximate surface area is 150 Å². The average molecular weight is 344 g/mol. The summed E-state index contributed by atoms with van der Waals surface area (Å²) in [6.45, 7) is 9.64. The standard InChI is InChI=1S/C21H29NO3/c1-13-5-4-10-22(11-13)12-16-15-6-8-21(3)9-7-17(23)14(2)18(21)19(15)25-20(16)24/h7,9,13,15-16,19H,4-6,8,10-12H2,1-3H3/p+1/t13-,15-,16+,19+,21+/m0/s1. The largest absolute Gasteiger partial charge is 0.457 e. The van der Waals surface area contributed by atoms with Crippen molar-refractivity contribution in [3.8, 4) is 0 Å². The fourth-order valence-electron chi connectivity index (χ4n) is 5.70. The van der Waals surface area contributed by atoms with Gasteiger partial charge in [-0.3, -0.25) is 9.59 Å². The molecule has 3 fully saturated rings. The first-order chi connectivity index (χ1) is 11.9. The molecular formula is C21H30NO3+. The number of carbonyl (C=O) groups is 2. The van der Waals surface area contributed by atoms with Crippen molar-refractivity contribution in [2.45, 2.75) is 52.6 Å². The van der Waals surface area contributed by atoms with Crippen LogP contribution in [-0.4, -0.2) is 37.5 Å². The highest BCUT2D eigenvalue weighted by molar-refractivity contribution is 6.05. The van der Waals surface area contributed by atoms with Crippen LogP contribution in [0.15, 0.2) is 23.3 Å². The number of hydrogen-bond acceptors (Lipinski definition) is 3. The lowest BCUT2D eigenvalue weighted by atomic mass is 9.61. The molecule has 2 heterocycles. The van der Waals surface area contributed by atoms with E-state index < -0.39 is 0 Å². The maximum Gasteiger partial charge on any atom is 0.315 e. The molecule has 2 saturated heterocycles. The van der Waals surface area contributed by atoms with Crippen molar-refractivity contribution in [1.82, 2.24) is 0 Å². The van der Waals surface area contributed by atoms with Gasteiger partial charge in [-0.2, -0.15) is 0 Å². The van der Waals surface area contributed by atoms with E-state index in [1.54, 1.807) is 11.0 Å². The summed E-state index contributed by atoms with van der Waals surface area (Å²) in [5.41, 5.74) is 1.75. The second-order valence-electron chi connectivity index (χ2n) is 8.98. The van der Waals surface area contributed by atoms with Gasteiger partial charge in [0.05, 0.1) is 19.6 Å². The lowest BCUT2D eigenvalue weighted by Gasteiger charge is -2.43. The Morgan fingerprint density at radius 1 is 1.32 bits per heavy atom. The Morgan fingerprint density at radius 3 is 2.88 bits per heavy atom. The van der Waals surface area contributed by atoms with Crippen molar-refractivity contribution in [1.29, 1.82) is 0 Å². The van der Waals surface area contributed by atoms with E-state index in [2.05, 4.69) is 13.8 Å². The molecule has 0 aromatic carbocycles. The maximum atomic E-state index is 12.7. The zero-order valence-corrected chi connectivity index (χ0v) is 15.6. The van der Waals surface area contributed by atoms with Gasteiger partial charge in [0.15, 0.2) is 5.78 Å². The fraction of sp³-hybridized carbons (Fsp3) is 0.714. The zero-order chi connectivity index (χ0) is 17.8. The Morgan fingerprint density at radius 2 is 2.12 bits per heavy atom. The third-order valence-electron chi connectivity index (χ3n) is 7.10. The second kappa shape index (κ2) is 6.08. The molecular weight excluding hydrogens is 314 g/mol. The Bertz CT molecular complexity index is 664. The van der Waals surface area contributed by atoms with Gasteiger partial charge in [0.2, 0.25) is 0 Å². The fourth-order valence-corrected chi connectivity index (χ4v) is 5.70. The molecule has 0 aromatic heterocycles. The third-order valence-corrected chi connectivity index (χ3v) is 7.10. The van der Waals surface area contributed by atoms with Gasteiger partial charge in [-0.15, -0.1) is 0 Å². The topological polar surface area (TPSA) is 47.8 Å². The molecule has 2 aliphatic heterocycles. The number of piperidine rings is 1. The van der Waals surface area contributed by atoms with E-state index in [0.717, 1.165) is 36.5 Å². The van der Waals surface area contributed by atoms with Crippen molar-refractivity contribution < 1.29 is 19.2 Å². The predicted molar refractivity (Wildman–Crippen MR) is 95.0 cm³/mol. The van der Waals surface area contributed by atoms with Crippen LogP contribution in [-0.2, 0) is 14.3 Å². The lowest BCUT2D eigenvalue weighted by molar-refractivity contribution is -0.911. The number of allylic oxidation sites excluding steroid dienone is 3. The molecule has 4 rings (SSSR count). The summed E-state index contributed by atoms with van der Waals surface area (Å²) in [6.07, 6.45) is 8.13. The molecule has 25 heavy (non-hydrogen) atoms. The van der Waals surface area contributed by atoms with E-state index in [1.807, 2.05) is 13.0 Å². The first-order valence-electron chi connectivity index (χ1n) is 9.88. The highest BCUT2D eigenvalue weighted by atomic mass is 16.6. The molecule has 0 bridgehead atoms. The number of rotatable bonds is 2. The first kappa shape index (κ1) is 17.0. The number of quaternary nitrogens is 1. The van der Waals surface area contributed by atoms with Crippen LogP contribution in [0.1, 0.15) is 46.5 Å². The van der Waals surface area contributed by atoms with Crippen molar-refractivity contribution in [2.24, 2.45) is 23.2 Å². The molecule has 4 aliphatic rings. The van der Waals surface area contributed by atoms with Gasteiger partial charge in [0.1, 0.15) is 12.0 Å². The number of hydrogen-bond donors (Lipinski definition) is 1. The number of fused-ring (bicyclic) bond motifs is 3. The first-order valence-corrected chi connectivity index (χ1v) is 9.88. The van der Waals surface area contributed by atoms with Crippen LogP contribution in [0.25, 0.3) is 0 Å². The highest BCUT2D eigenvalue weighted by Crippen LogP contribution is 2.52. The van der Waals surface area contributed by atoms with Crippen LogP contribution in [0.3, 0.4) is 0 Å². The Kier molecular flexibility index (Phi) is 4.14. The molecule has 2 aliphatic carbocycles. The van der Waals surface area contributed by atoms with Gasteiger partial charge in [-0.25, -0.2) is 0 Å². The highest BCUT2D eigenvalue weighted by Gasteiger charge is 2.55. The number of ketones is 1. The molecule has 0 spiro atoms. The van der Waals surface area contributed by atoms with Gasteiger partial charge >= 0.3 is 5.97 Å². The van der Waals surface area contributed by atoms with Crippen LogP contribution in [0.4, 0.5) is 0 Å². The molecule has 1 N–H and O–H groups in total. The van der Waals surface area contributed by atoms with Crippen LogP contribution < -0.4 is 4.90 Å². The zero-order valence-electron chi connectivity index (χ0n) is 15.6. The lowest BCUT2D eigenvalue weighted by Crippen LogP contribution is -3.14. The number of carbonyl (C=O) groups excluding carboxylic acids is 2. The second-order valence-corrected chi connectivity index (χ2v) is 8.98. The molecule has 1 saturated carbocycles. The van der Waals surface area contributed by atoms with Crippen LogP contribution in [0.5, 0.6) is 0 Å². The summed E-state index contributed by atoms with van der Waals surface area (Å²) in [6, 6.07) is 0. The minimum Gasteiger partial charge on any atom is -0.457 e. The molecule has 4 nitrogen and oxygen atoms in total. The van der Waals surface area contributed by atoms with Gasteiger partial charge in [0, 0.05) is 22.8 Å². The quantitative estimate of drug-likeness (QED) is 0.776. The minimum atomic E-state index is -0.188. The predicted octanol–water partition coefficient (Wildman–Crippen LogP) is 1.71. The Balaban J connectivity index is 1.58. The summed E-state index contributed by atoms with van der Waals surface area (Å²) in [4.78, 5) is 26.5. The Hall–Kier alpha value is -1.42. The molecule has 0 aromatic rings. The van der Waals surface area contributed by atoms with Gasteiger partial charge in [0.25, 0.3) is 0 Å². The number of nitrogens with one attached hydrogen (secondary N) is 1. The monoisotopic (exact) mass is 344 g/mol. The van der Waals surface area contributed by atoms with Gasteiger partial charge in [-0.1, -0.05) is 19.9 Å². The molecule has 6 atom stereocenters. The summed E-state index contributed by atoms with van der Waals surface area (Å²) in [5, 5.41) is 0. The van der Waals surface area contributed by atoms with Crippen molar-refractivity contribution in [3.63, 3.8) is 0 Å². The van der Waals surface area contributed by atoms with E-state index in [1.165, 1.54) is 25.9 Å². The maximum absolute atomic E-state index is 12.7. The SMILES string of the molecule is CC1=C2[C@@H]3OC(=O)[C@H](C[NH+]4CCC[C@H](C)C4)[C@@H]3CC[C@]2(C)C=CC1=O. The van der Waals surface area contributed by atoms with E-state index in [9.17, 15) is 9.59 Å². The smallest absolute Gasteiger partial charge is 0.315 e. The summed E-state index contributed by atoms with van der Waals surface area (Å²) in [7, 11) is 0. The van der Waals surface area contributed by atoms with Crippen LogP contribution in [0.2, 0.25) is 0 Å². The van der Waals surface area contributed by atoms with Crippen LogP contribution >= 0.6 is 0 Å². The molecule has 0 radical (unpaired) electrons. The summed E-state index contributed by atoms with van der Waals surface area (Å²) >= 11 is 0. The number of ether oxygens (including phenoxy) is 1. The van der Waals surface area contributed by atoms with Crippen molar-refractivity contribution >= 4 is 11.8 Å². The van der Waals surface area contributed by atoms with E-state index in [-0.39, 0.29) is 35.1 Å². The number of esters is 1. The molecule has 136 valence electrons.